The van der Waals surface area contributed by atoms with E-state index in [1.807, 2.05) is 32.9 Å². The maximum atomic E-state index is 13.1. The molecular weight excluding hydrogens is 406 g/mol. The summed E-state index contributed by atoms with van der Waals surface area (Å²) in [6.07, 6.45) is 0.886. The van der Waals surface area contributed by atoms with Gasteiger partial charge in [-0.1, -0.05) is 12.1 Å². The van der Waals surface area contributed by atoms with E-state index in [2.05, 4.69) is 21.6 Å². The van der Waals surface area contributed by atoms with Crippen LogP contribution in [0.2, 0.25) is 0 Å². The van der Waals surface area contributed by atoms with Crippen LogP contribution in [-0.4, -0.2) is 50.3 Å². The molecule has 2 heterocycles. The Balaban J connectivity index is 1.48. The fourth-order valence-corrected chi connectivity index (χ4v) is 4.16. The minimum absolute atomic E-state index is 0.116. The Hall–Kier alpha value is -2.90. The zero-order chi connectivity index (χ0) is 22.7. The van der Waals surface area contributed by atoms with Gasteiger partial charge in [0.05, 0.1) is 18.8 Å². The summed E-state index contributed by atoms with van der Waals surface area (Å²) < 4.78 is 10.9. The zero-order valence-electron chi connectivity index (χ0n) is 18.9. The summed E-state index contributed by atoms with van der Waals surface area (Å²) >= 11 is 0. The number of rotatable bonds is 4. The quantitative estimate of drug-likeness (QED) is 0.715. The molecule has 32 heavy (non-hydrogen) atoms. The van der Waals surface area contributed by atoms with Gasteiger partial charge in [0.15, 0.2) is 0 Å². The van der Waals surface area contributed by atoms with Crippen LogP contribution in [0.3, 0.4) is 0 Å². The van der Waals surface area contributed by atoms with E-state index >= 15 is 0 Å². The van der Waals surface area contributed by atoms with E-state index in [1.165, 1.54) is 11.3 Å². The molecule has 1 unspecified atom stereocenters. The van der Waals surface area contributed by atoms with Crippen LogP contribution >= 0.6 is 0 Å². The molecule has 1 fully saturated rings. The smallest absolute Gasteiger partial charge is 0.338 e. The van der Waals surface area contributed by atoms with E-state index in [9.17, 15) is 9.59 Å². The van der Waals surface area contributed by atoms with E-state index in [4.69, 9.17) is 9.47 Å². The molecule has 0 bridgehead atoms. The van der Waals surface area contributed by atoms with E-state index in [0.29, 0.717) is 11.3 Å². The molecule has 4 rings (SSSR count). The monoisotopic (exact) mass is 437 g/mol. The van der Waals surface area contributed by atoms with Gasteiger partial charge in [0, 0.05) is 31.0 Å². The first-order chi connectivity index (χ1) is 15.3. The van der Waals surface area contributed by atoms with Gasteiger partial charge in [0.25, 0.3) is 0 Å². The third kappa shape index (κ3) is 5.11. The zero-order valence-corrected chi connectivity index (χ0v) is 18.9. The largest absolute Gasteiger partial charge is 0.456 e. The van der Waals surface area contributed by atoms with E-state index < -0.39 is 11.6 Å². The Morgan fingerprint density at radius 2 is 1.81 bits per heavy atom. The second kappa shape index (κ2) is 9.30. The van der Waals surface area contributed by atoms with Crippen molar-refractivity contribution in [3.63, 3.8) is 0 Å². The van der Waals surface area contributed by atoms with Gasteiger partial charge in [-0.05, 0) is 68.7 Å². The number of benzene rings is 2. The Kier molecular flexibility index (Phi) is 6.48. The lowest BCUT2D eigenvalue weighted by Gasteiger charge is -2.34. The molecule has 7 heteroatoms. The van der Waals surface area contributed by atoms with Gasteiger partial charge in [-0.2, -0.15) is 0 Å². The number of carbonyl (C=O) groups excluding carboxylic acids is 2. The maximum absolute atomic E-state index is 13.1. The highest BCUT2D eigenvalue weighted by atomic mass is 16.6. The molecular formula is C25H31N3O4. The number of nitrogens with one attached hydrogen (secondary N) is 2. The van der Waals surface area contributed by atoms with Crippen molar-refractivity contribution in [3.8, 4) is 0 Å². The lowest BCUT2D eigenvalue weighted by molar-refractivity contribution is -0.118. The summed E-state index contributed by atoms with van der Waals surface area (Å²) in [7, 11) is 0. The number of amides is 1. The highest BCUT2D eigenvalue weighted by Crippen LogP contribution is 2.32. The van der Waals surface area contributed by atoms with Crippen LogP contribution in [0.25, 0.3) is 0 Å². The molecule has 0 saturated carbocycles. The van der Waals surface area contributed by atoms with Crippen molar-refractivity contribution in [1.29, 1.82) is 0 Å². The summed E-state index contributed by atoms with van der Waals surface area (Å²) in [6.45, 7) is 9.42. The third-order valence-electron chi connectivity index (χ3n) is 5.62. The van der Waals surface area contributed by atoms with Crippen molar-refractivity contribution < 1.29 is 19.1 Å². The molecule has 2 aromatic rings. The highest BCUT2D eigenvalue weighted by Gasteiger charge is 2.29. The predicted molar refractivity (Wildman–Crippen MR) is 124 cm³/mol. The van der Waals surface area contributed by atoms with E-state index in [1.54, 1.807) is 24.3 Å². The molecule has 1 atom stereocenters. The summed E-state index contributed by atoms with van der Waals surface area (Å²) in [5.41, 5.74) is 3.99. The third-order valence-corrected chi connectivity index (χ3v) is 5.62. The summed E-state index contributed by atoms with van der Waals surface area (Å²) in [5, 5.41) is 6.33. The van der Waals surface area contributed by atoms with Crippen LogP contribution in [0.5, 0.6) is 0 Å². The Labute approximate surface area is 189 Å². The van der Waals surface area contributed by atoms with Crippen LogP contribution in [0.1, 0.15) is 48.3 Å². The lowest BCUT2D eigenvalue weighted by atomic mass is 9.91. The number of hydrogen-bond donors (Lipinski definition) is 2. The molecule has 2 aliphatic rings. The first-order valence-electron chi connectivity index (χ1n) is 11.1. The normalized spacial score (nSPS) is 18.6. The first-order valence-corrected chi connectivity index (χ1v) is 11.1. The Morgan fingerprint density at radius 1 is 1.09 bits per heavy atom. The summed E-state index contributed by atoms with van der Waals surface area (Å²) in [6, 6.07) is 12.6. The predicted octanol–water partition coefficient (Wildman–Crippen LogP) is 3.30. The van der Waals surface area contributed by atoms with Gasteiger partial charge in [-0.15, -0.1) is 0 Å². The first kappa shape index (κ1) is 22.3. The number of esters is 1. The average molecular weight is 438 g/mol. The molecule has 2 aliphatic heterocycles. The van der Waals surface area contributed by atoms with Crippen LogP contribution in [-0.2, 0) is 20.7 Å². The molecule has 0 spiro atoms. The molecule has 0 radical (unpaired) electrons. The van der Waals surface area contributed by atoms with Gasteiger partial charge in [0.1, 0.15) is 11.6 Å². The molecule has 1 saturated heterocycles. The second-order valence-corrected chi connectivity index (χ2v) is 9.15. The minimum atomic E-state index is -0.552. The fourth-order valence-electron chi connectivity index (χ4n) is 4.16. The topological polar surface area (TPSA) is 79.9 Å². The SMILES string of the molecule is CC(C)(C)OC(=O)c1ccc(NC(=O)C2NCCc3c2cccc3N2CCOCC2)cc1. The van der Waals surface area contributed by atoms with Gasteiger partial charge in [0.2, 0.25) is 5.91 Å². The number of hydrogen-bond acceptors (Lipinski definition) is 6. The van der Waals surface area contributed by atoms with Crippen molar-refractivity contribution in [1.82, 2.24) is 5.32 Å². The van der Waals surface area contributed by atoms with Crippen LogP contribution in [0.4, 0.5) is 11.4 Å². The van der Waals surface area contributed by atoms with Crippen LogP contribution < -0.4 is 15.5 Å². The molecule has 1 amide bonds. The minimum Gasteiger partial charge on any atom is -0.456 e. The van der Waals surface area contributed by atoms with Crippen molar-refractivity contribution >= 4 is 23.3 Å². The summed E-state index contributed by atoms with van der Waals surface area (Å²) in [5.74, 6) is -0.496. The van der Waals surface area contributed by atoms with E-state index in [0.717, 1.165) is 44.8 Å². The molecule has 7 nitrogen and oxygen atoms in total. The summed E-state index contributed by atoms with van der Waals surface area (Å²) in [4.78, 5) is 27.7. The van der Waals surface area contributed by atoms with Crippen molar-refractivity contribution in [2.75, 3.05) is 43.1 Å². The molecule has 0 aliphatic carbocycles. The number of ether oxygens (including phenoxy) is 2. The lowest BCUT2D eigenvalue weighted by Crippen LogP contribution is -2.41. The van der Waals surface area contributed by atoms with Gasteiger partial charge < -0.3 is 25.0 Å². The second-order valence-electron chi connectivity index (χ2n) is 9.15. The number of anilines is 2. The number of morpholine rings is 1. The van der Waals surface area contributed by atoms with Crippen molar-refractivity contribution in [2.45, 2.75) is 38.8 Å². The fraction of sp³-hybridized carbons (Fsp3) is 0.440. The number of fused-ring (bicyclic) bond motifs is 1. The van der Waals surface area contributed by atoms with Gasteiger partial charge in [-0.3, -0.25) is 4.79 Å². The molecule has 2 aromatic carbocycles. The molecule has 2 N–H and O–H groups in total. The molecule has 170 valence electrons. The highest BCUT2D eigenvalue weighted by molar-refractivity contribution is 5.97. The Bertz CT molecular complexity index is 976. The van der Waals surface area contributed by atoms with Crippen LogP contribution in [0.15, 0.2) is 42.5 Å². The van der Waals surface area contributed by atoms with Crippen molar-refractivity contribution in [2.24, 2.45) is 0 Å². The maximum Gasteiger partial charge on any atom is 0.338 e. The van der Waals surface area contributed by atoms with E-state index in [-0.39, 0.29) is 11.9 Å². The Morgan fingerprint density at radius 3 is 2.50 bits per heavy atom. The molecule has 0 aromatic heterocycles. The number of nitrogens with zero attached hydrogens (tertiary/aromatic N) is 1. The van der Waals surface area contributed by atoms with Gasteiger partial charge >= 0.3 is 5.97 Å². The van der Waals surface area contributed by atoms with Crippen LogP contribution in [0, 0.1) is 0 Å². The van der Waals surface area contributed by atoms with Crippen molar-refractivity contribution in [3.05, 3.63) is 59.2 Å². The number of carbonyl (C=O) groups is 2. The standard InChI is InChI=1S/C25H31N3O4/c1-25(2,3)32-24(30)17-7-9-18(10-8-17)27-23(29)22-20-5-4-6-21(19(20)11-12-26-22)28-13-15-31-16-14-28/h4-10,22,26H,11-16H2,1-3H3,(H,27,29). The average Bonchev–Trinajstić information content (AvgIpc) is 2.78. The van der Waals surface area contributed by atoms with Gasteiger partial charge in [-0.25, -0.2) is 4.79 Å².